The first-order valence-electron chi connectivity index (χ1n) is 6.68. The van der Waals surface area contributed by atoms with E-state index in [0.29, 0.717) is 11.8 Å². The molecule has 0 aromatic carbocycles. The fraction of sp³-hybridized carbons (Fsp3) is 1.00. The van der Waals surface area contributed by atoms with Crippen LogP contribution < -0.4 is 5.32 Å². The lowest BCUT2D eigenvalue weighted by molar-refractivity contribution is 0.240. The molecule has 5 heteroatoms. The van der Waals surface area contributed by atoms with Gasteiger partial charge in [-0.2, -0.15) is 0 Å². The molecule has 0 amide bonds. The molecular formula is C12H24N2O2S. The SMILES string of the molecule is CCS(=O)(=O)CCCN1CC2CNCC2C1C. The maximum atomic E-state index is 11.4. The highest BCUT2D eigenvalue weighted by atomic mass is 32.2. The Morgan fingerprint density at radius 1 is 1.35 bits per heavy atom. The van der Waals surface area contributed by atoms with E-state index < -0.39 is 9.84 Å². The van der Waals surface area contributed by atoms with E-state index in [2.05, 4.69) is 17.1 Å². The molecule has 2 heterocycles. The summed E-state index contributed by atoms with van der Waals surface area (Å²) >= 11 is 0. The Morgan fingerprint density at radius 2 is 2.12 bits per heavy atom. The summed E-state index contributed by atoms with van der Waals surface area (Å²) in [6, 6.07) is 0.610. The van der Waals surface area contributed by atoms with Crippen molar-refractivity contribution in [1.29, 1.82) is 0 Å². The topological polar surface area (TPSA) is 49.4 Å². The van der Waals surface area contributed by atoms with Crippen LogP contribution in [0.25, 0.3) is 0 Å². The zero-order chi connectivity index (χ0) is 12.5. The smallest absolute Gasteiger partial charge is 0.150 e. The van der Waals surface area contributed by atoms with Crippen molar-refractivity contribution in [1.82, 2.24) is 10.2 Å². The minimum atomic E-state index is -2.79. The van der Waals surface area contributed by atoms with Crippen molar-refractivity contribution in [3.63, 3.8) is 0 Å². The predicted octanol–water partition coefficient (Wildman–Crippen LogP) is 0.351. The van der Waals surface area contributed by atoms with Gasteiger partial charge >= 0.3 is 0 Å². The zero-order valence-electron chi connectivity index (χ0n) is 10.9. The monoisotopic (exact) mass is 260 g/mol. The van der Waals surface area contributed by atoms with Crippen LogP contribution in [-0.2, 0) is 9.84 Å². The van der Waals surface area contributed by atoms with Gasteiger partial charge in [-0.05, 0) is 44.8 Å². The zero-order valence-corrected chi connectivity index (χ0v) is 11.7. The van der Waals surface area contributed by atoms with Gasteiger partial charge in [-0.25, -0.2) is 8.42 Å². The summed E-state index contributed by atoms with van der Waals surface area (Å²) < 4.78 is 22.8. The van der Waals surface area contributed by atoms with E-state index in [0.717, 1.165) is 44.4 Å². The lowest BCUT2D eigenvalue weighted by atomic mass is 9.95. The number of fused-ring (bicyclic) bond motifs is 1. The van der Waals surface area contributed by atoms with Crippen molar-refractivity contribution in [3.8, 4) is 0 Å². The Hall–Kier alpha value is -0.130. The summed E-state index contributed by atoms with van der Waals surface area (Å²) in [5.74, 6) is 2.18. The molecule has 0 saturated carbocycles. The van der Waals surface area contributed by atoms with Crippen LogP contribution in [0, 0.1) is 11.8 Å². The van der Waals surface area contributed by atoms with Crippen LogP contribution >= 0.6 is 0 Å². The van der Waals surface area contributed by atoms with Crippen LogP contribution in [0.15, 0.2) is 0 Å². The minimum Gasteiger partial charge on any atom is -0.316 e. The van der Waals surface area contributed by atoms with Crippen molar-refractivity contribution >= 4 is 9.84 Å². The predicted molar refractivity (Wildman–Crippen MR) is 69.8 cm³/mol. The third kappa shape index (κ3) is 3.01. The van der Waals surface area contributed by atoms with E-state index in [1.54, 1.807) is 6.92 Å². The fourth-order valence-electron chi connectivity index (χ4n) is 3.18. The molecule has 2 saturated heterocycles. The summed E-state index contributed by atoms with van der Waals surface area (Å²) in [6.45, 7) is 8.36. The van der Waals surface area contributed by atoms with Crippen LogP contribution in [0.5, 0.6) is 0 Å². The first-order valence-corrected chi connectivity index (χ1v) is 8.51. The summed E-state index contributed by atoms with van der Waals surface area (Å²) in [4.78, 5) is 2.47. The van der Waals surface area contributed by atoms with E-state index in [1.807, 2.05) is 0 Å². The normalized spacial score (nSPS) is 34.1. The number of nitrogens with one attached hydrogen (secondary N) is 1. The van der Waals surface area contributed by atoms with E-state index in [-0.39, 0.29) is 5.75 Å². The molecule has 1 N–H and O–H groups in total. The van der Waals surface area contributed by atoms with Crippen LogP contribution in [0.3, 0.4) is 0 Å². The van der Waals surface area contributed by atoms with Gasteiger partial charge in [-0.3, -0.25) is 4.90 Å². The molecule has 2 fully saturated rings. The first-order chi connectivity index (χ1) is 8.03. The molecule has 4 nitrogen and oxygen atoms in total. The number of hydrogen-bond acceptors (Lipinski definition) is 4. The molecule has 0 spiro atoms. The lowest BCUT2D eigenvalue weighted by Gasteiger charge is -2.24. The third-order valence-electron chi connectivity index (χ3n) is 4.40. The van der Waals surface area contributed by atoms with Gasteiger partial charge in [0.25, 0.3) is 0 Å². The van der Waals surface area contributed by atoms with Gasteiger partial charge in [0.15, 0.2) is 0 Å². The first kappa shape index (κ1) is 13.3. The van der Waals surface area contributed by atoms with Crippen molar-refractivity contribution < 1.29 is 8.42 Å². The quantitative estimate of drug-likeness (QED) is 0.775. The Morgan fingerprint density at radius 3 is 2.76 bits per heavy atom. The summed E-state index contributed by atoms with van der Waals surface area (Å²) in [7, 11) is -2.79. The molecule has 0 aliphatic carbocycles. The Kier molecular flexibility index (Phi) is 4.10. The average Bonchev–Trinajstić information content (AvgIpc) is 2.84. The second kappa shape index (κ2) is 5.24. The van der Waals surface area contributed by atoms with Crippen molar-refractivity contribution in [2.24, 2.45) is 11.8 Å². The summed E-state index contributed by atoms with van der Waals surface area (Å²) in [5.41, 5.74) is 0. The Balaban J connectivity index is 1.78. The van der Waals surface area contributed by atoms with Gasteiger partial charge in [0.2, 0.25) is 0 Å². The standard InChI is InChI=1S/C12H24N2O2S/c1-3-17(15,16)6-4-5-14-9-11-7-13-8-12(11)10(14)2/h10-13H,3-9H2,1-2H3. The van der Waals surface area contributed by atoms with Crippen LogP contribution in [0.4, 0.5) is 0 Å². The van der Waals surface area contributed by atoms with Gasteiger partial charge in [-0.15, -0.1) is 0 Å². The Labute approximate surface area is 105 Å². The maximum absolute atomic E-state index is 11.4. The van der Waals surface area contributed by atoms with E-state index in [4.69, 9.17) is 0 Å². The van der Waals surface area contributed by atoms with E-state index >= 15 is 0 Å². The third-order valence-corrected chi connectivity index (χ3v) is 6.19. The van der Waals surface area contributed by atoms with Crippen molar-refractivity contribution in [2.45, 2.75) is 26.3 Å². The van der Waals surface area contributed by atoms with Crippen molar-refractivity contribution in [3.05, 3.63) is 0 Å². The molecular weight excluding hydrogens is 236 g/mol. The molecule has 2 aliphatic heterocycles. The highest BCUT2D eigenvalue weighted by molar-refractivity contribution is 7.91. The van der Waals surface area contributed by atoms with Gasteiger partial charge < -0.3 is 5.32 Å². The van der Waals surface area contributed by atoms with Gasteiger partial charge in [0.1, 0.15) is 9.84 Å². The van der Waals surface area contributed by atoms with Crippen molar-refractivity contribution in [2.75, 3.05) is 37.7 Å². The summed E-state index contributed by atoms with van der Waals surface area (Å²) in [6.07, 6.45) is 0.785. The van der Waals surface area contributed by atoms with Crippen LogP contribution in [-0.4, -0.2) is 57.0 Å². The fourth-order valence-corrected chi connectivity index (χ4v) is 4.04. The van der Waals surface area contributed by atoms with E-state index in [9.17, 15) is 8.42 Å². The lowest BCUT2D eigenvalue weighted by Crippen LogP contribution is -2.34. The molecule has 2 aliphatic rings. The molecule has 100 valence electrons. The second-order valence-electron chi connectivity index (χ2n) is 5.41. The summed E-state index contributed by atoms with van der Waals surface area (Å²) in [5, 5.41) is 3.44. The number of hydrogen-bond donors (Lipinski definition) is 1. The van der Waals surface area contributed by atoms with Gasteiger partial charge in [-0.1, -0.05) is 6.92 Å². The van der Waals surface area contributed by atoms with Gasteiger partial charge in [0.05, 0.1) is 5.75 Å². The second-order valence-corrected chi connectivity index (χ2v) is 7.88. The van der Waals surface area contributed by atoms with Crippen LogP contribution in [0.1, 0.15) is 20.3 Å². The minimum absolute atomic E-state index is 0.276. The molecule has 2 rings (SSSR count). The Bertz CT molecular complexity index is 356. The number of sulfone groups is 1. The largest absolute Gasteiger partial charge is 0.316 e. The molecule has 0 bridgehead atoms. The molecule has 17 heavy (non-hydrogen) atoms. The molecule has 3 unspecified atom stereocenters. The van der Waals surface area contributed by atoms with Gasteiger partial charge in [0, 0.05) is 18.3 Å². The highest BCUT2D eigenvalue weighted by Crippen LogP contribution is 2.32. The van der Waals surface area contributed by atoms with E-state index in [1.165, 1.54) is 0 Å². The molecule has 0 aromatic heterocycles. The molecule has 0 radical (unpaired) electrons. The number of likely N-dealkylation sites (tertiary alicyclic amines) is 1. The highest BCUT2D eigenvalue weighted by Gasteiger charge is 2.41. The molecule has 0 aromatic rings. The number of nitrogens with zero attached hydrogens (tertiary/aromatic N) is 1. The average molecular weight is 260 g/mol. The van der Waals surface area contributed by atoms with Crippen LogP contribution in [0.2, 0.25) is 0 Å². The number of rotatable bonds is 5. The maximum Gasteiger partial charge on any atom is 0.150 e. The molecule has 3 atom stereocenters.